The van der Waals surface area contributed by atoms with Gasteiger partial charge in [0.2, 0.25) is 23.0 Å². The molecule has 6 aromatic carbocycles. The average molecular weight is 1070 g/mol. The van der Waals surface area contributed by atoms with Gasteiger partial charge in [0, 0.05) is 79.2 Å². The van der Waals surface area contributed by atoms with Gasteiger partial charge in [-0.3, -0.25) is 18.7 Å². The standard InChI is InChI=1S/C31H30N6O2.C27H26N6O.C4H5ClO/c1-39-25-12-13-27-26(18-25)34-29(23-11-8-20-5-2-3-6-22(20)17-23)37(27)28-14-15-32-31(35-28)33-24-7-4-16-36(19-24)30(38)21-9-10-21;1-34-22-10-11-24-23(16-22)31-26(20-9-8-18-5-2-3-6-19(18)15-20)33(24)25-12-14-29-27(32-25)30-21-7-4-13-28-17-21;5-4(6)3-1-2-3/h2-3,5-6,8,11-15,17-18,21,24H,4,7,9-10,16,19H2,1H3,(H,32,33,35);2-3,5-6,8-12,14-16,21,28H,4,7,13,17H2,1H3,(H,29,30,32);3H,1-2H2/t24-;21-;/m00./s1. The van der Waals surface area contributed by atoms with Crippen molar-refractivity contribution in [2.45, 2.75) is 63.5 Å². The molecule has 2 aliphatic carbocycles. The number of rotatable bonds is 12. The van der Waals surface area contributed by atoms with Crippen LogP contribution < -0.4 is 25.4 Å². The lowest BCUT2D eigenvalue weighted by molar-refractivity contribution is -0.133. The molecule has 4 fully saturated rings. The van der Waals surface area contributed by atoms with Gasteiger partial charge in [-0.25, -0.2) is 19.9 Å². The molecule has 6 heterocycles. The first-order chi connectivity index (χ1) is 38.7. The molecule has 14 rings (SSSR count). The summed E-state index contributed by atoms with van der Waals surface area (Å²) in [5.41, 5.74) is 5.60. The fourth-order valence-electron chi connectivity index (χ4n) is 10.5. The maximum absolute atomic E-state index is 12.6. The number of carbonyl (C=O) groups excluding carboxylic acids is 2. The van der Waals surface area contributed by atoms with Gasteiger partial charge in [-0.1, -0.05) is 72.8 Å². The summed E-state index contributed by atoms with van der Waals surface area (Å²) in [5, 5.41) is 15.0. The van der Waals surface area contributed by atoms with Gasteiger partial charge in [0.1, 0.15) is 34.8 Å². The largest absolute Gasteiger partial charge is 0.497 e. The molecule has 0 unspecified atom stereocenters. The van der Waals surface area contributed by atoms with Gasteiger partial charge >= 0.3 is 0 Å². The number of likely N-dealkylation sites (tertiary alicyclic amines) is 1. The first-order valence-corrected chi connectivity index (χ1v) is 27.6. The Morgan fingerprint density at radius 1 is 0.570 bits per heavy atom. The van der Waals surface area contributed by atoms with Crippen LogP contribution in [0.2, 0.25) is 0 Å². The Kier molecular flexibility index (Phi) is 14.8. The van der Waals surface area contributed by atoms with E-state index in [1.165, 1.54) is 16.2 Å². The van der Waals surface area contributed by atoms with Gasteiger partial charge in [-0.15, -0.1) is 0 Å². The third-order valence-electron chi connectivity index (χ3n) is 15.0. The molecule has 0 spiro atoms. The lowest BCUT2D eigenvalue weighted by atomic mass is 10.1. The summed E-state index contributed by atoms with van der Waals surface area (Å²) in [6, 6.07) is 45.7. The van der Waals surface area contributed by atoms with E-state index in [2.05, 4.69) is 108 Å². The smallest absolute Gasteiger partial charge is 0.225 e. The van der Waals surface area contributed by atoms with E-state index >= 15 is 0 Å². The Morgan fingerprint density at radius 3 is 1.57 bits per heavy atom. The summed E-state index contributed by atoms with van der Waals surface area (Å²) in [5.74, 6) is 6.62. The number of anilines is 2. The number of nitrogens with zero attached hydrogens (tertiary/aromatic N) is 9. The van der Waals surface area contributed by atoms with Crippen molar-refractivity contribution in [2.24, 2.45) is 11.8 Å². The van der Waals surface area contributed by atoms with Crippen molar-refractivity contribution in [1.82, 2.24) is 49.3 Å². The highest BCUT2D eigenvalue weighted by molar-refractivity contribution is 6.64. The predicted octanol–water partition coefficient (Wildman–Crippen LogP) is 11.4. The Labute approximate surface area is 462 Å². The van der Waals surface area contributed by atoms with Crippen LogP contribution in [0.15, 0.2) is 146 Å². The van der Waals surface area contributed by atoms with Crippen LogP contribution in [0.3, 0.4) is 0 Å². The zero-order valence-electron chi connectivity index (χ0n) is 44.2. The maximum Gasteiger partial charge on any atom is 0.225 e. The lowest BCUT2D eigenvalue weighted by Crippen LogP contribution is -2.45. The SMILES string of the molecule is COc1ccc2c(c1)nc(-c1ccc3ccccc3c1)n2-c1ccnc(N[C@H]2CCCN(C(=O)C3CC3)C2)n1.COc1ccc2c(c1)nc(-c1ccc3ccccc3c1)n2-c1ccnc(N[C@H]2CCCNC2)n1.O=C(Cl)C1CC1. The van der Waals surface area contributed by atoms with Gasteiger partial charge in [0.25, 0.3) is 0 Å². The highest BCUT2D eigenvalue weighted by Crippen LogP contribution is 2.36. The van der Waals surface area contributed by atoms with Crippen LogP contribution in [0.5, 0.6) is 11.5 Å². The molecule has 0 bridgehead atoms. The Morgan fingerprint density at radius 2 is 1.09 bits per heavy atom. The number of hydrogen-bond acceptors (Lipinski definition) is 13. The van der Waals surface area contributed by atoms with E-state index < -0.39 is 0 Å². The Bertz CT molecular complexity index is 3850. The van der Waals surface area contributed by atoms with E-state index in [9.17, 15) is 9.59 Å². The number of ether oxygens (including phenoxy) is 2. The van der Waals surface area contributed by atoms with E-state index in [-0.39, 0.29) is 23.1 Å². The number of benzene rings is 6. The molecule has 16 nitrogen and oxygen atoms in total. The quantitative estimate of drug-likeness (QED) is 0.0985. The monoisotopic (exact) mass is 1070 g/mol. The second-order valence-corrected chi connectivity index (χ2v) is 21.0. The molecule has 1 amide bonds. The van der Waals surface area contributed by atoms with Crippen LogP contribution >= 0.6 is 11.6 Å². The fraction of sp³-hybridized carbons (Fsp3) is 0.290. The highest BCUT2D eigenvalue weighted by Gasteiger charge is 2.35. The molecule has 2 saturated heterocycles. The van der Waals surface area contributed by atoms with E-state index in [0.29, 0.717) is 30.4 Å². The third-order valence-corrected chi connectivity index (χ3v) is 15.3. The van der Waals surface area contributed by atoms with Crippen LogP contribution in [-0.2, 0) is 9.59 Å². The first-order valence-electron chi connectivity index (χ1n) is 27.3. The minimum Gasteiger partial charge on any atom is -0.497 e. The van der Waals surface area contributed by atoms with Crippen molar-refractivity contribution in [1.29, 1.82) is 0 Å². The number of amides is 1. The Hall–Kier alpha value is -8.47. The fourth-order valence-corrected chi connectivity index (χ4v) is 10.7. The number of hydrogen-bond donors (Lipinski definition) is 3. The van der Waals surface area contributed by atoms with E-state index in [0.717, 1.165) is 144 Å². The number of carbonyl (C=O) groups is 2. The first kappa shape index (κ1) is 51.3. The van der Waals surface area contributed by atoms with Gasteiger partial charge in [0.15, 0.2) is 0 Å². The molecule has 2 saturated carbocycles. The van der Waals surface area contributed by atoms with E-state index in [1.54, 1.807) is 26.6 Å². The number of piperidine rings is 2. The van der Waals surface area contributed by atoms with Gasteiger partial charge in [-0.2, -0.15) is 9.97 Å². The minimum atomic E-state index is -0.157. The number of fused-ring (bicyclic) bond motifs is 4. The highest BCUT2D eigenvalue weighted by atomic mass is 35.5. The summed E-state index contributed by atoms with van der Waals surface area (Å²) in [6.07, 6.45) is 11.9. The molecule has 79 heavy (non-hydrogen) atoms. The van der Waals surface area contributed by atoms with Gasteiger partial charge < -0.3 is 30.3 Å². The van der Waals surface area contributed by atoms with Crippen LogP contribution in [0.25, 0.3) is 78.0 Å². The van der Waals surface area contributed by atoms with Crippen LogP contribution in [-0.4, -0.2) is 108 Å². The summed E-state index contributed by atoms with van der Waals surface area (Å²) >= 11 is 5.04. The van der Waals surface area contributed by atoms with Crippen molar-refractivity contribution in [3.05, 3.63) is 146 Å². The van der Waals surface area contributed by atoms with Crippen molar-refractivity contribution in [3.8, 4) is 45.9 Å². The number of halogens is 1. The topological polar surface area (TPSA) is 179 Å². The van der Waals surface area contributed by atoms with Crippen molar-refractivity contribution in [3.63, 3.8) is 0 Å². The number of aromatic nitrogens is 8. The maximum atomic E-state index is 12.6. The molecule has 2 aliphatic heterocycles. The summed E-state index contributed by atoms with van der Waals surface area (Å²) < 4.78 is 15.1. The van der Waals surface area contributed by atoms with Crippen molar-refractivity contribution < 1.29 is 19.1 Å². The van der Waals surface area contributed by atoms with E-state index in [4.69, 9.17) is 41.0 Å². The minimum absolute atomic E-state index is 0.125. The molecule has 4 aromatic heterocycles. The van der Waals surface area contributed by atoms with E-state index in [1.807, 2.05) is 65.6 Å². The second kappa shape index (κ2) is 22.9. The Balaban J connectivity index is 0.000000144. The third kappa shape index (κ3) is 11.6. The zero-order valence-corrected chi connectivity index (χ0v) is 44.9. The molecule has 0 radical (unpaired) electrons. The number of methoxy groups -OCH3 is 2. The van der Waals surface area contributed by atoms with Crippen LogP contribution in [0, 0.1) is 11.8 Å². The molecule has 4 aliphatic rings. The van der Waals surface area contributed by atoms with Crippen LogP contribution in [0.1, 0.15) is 51.4 Å². The van der Waals surface area contributed by atoms with Crippen molar-refractivity contribution >= 4 is 78.3 Å². The van der Waals surface area contributed by atoms with Crippen LogP contribution in [0.4, 0.5) is 11.9 Å². The number of nitrogens with one attached hydrogen (secondary N) is 3. The summed E-state index contributed by atoms with van der Waals surface area (Å²) in [6.45, 7) is 3.52. The molecular formula is C62H61ClN12O4. The summed E-state index contributed by atoms with van der Waals surface area (Å²) in [7, 11) is 3.33. The summed E-state index contributed by atoms with van der Waals surface area (Å²) in [4.78, 5) is 53.5. The molecule has 17 heteroatoms. The average Bonchev–Trinajstić information content (AvgIpc) is 4.48. The molecule has 400 valence electrons. The van der Waals surface area contributed by atoms with Gasteiger partial charge in [0.05, 0.1) is 36.3 Å². The molecular weight excluding hydrogens is 1010 g/mol. The molecule has 10 aromatic rings. The second-order valence-electron chi connectivity index (χ2n) is 20.7. The lowest BCUT2D eigenvalue weighted by Gasteiger charge is -2.33. The zero-order chi connectivity index (χ0) is 53.8. The van der Waals surface area contributed by atoms with Gasteiger partial charge in [-0.05, 0) is 140 Å². The van der Waals surface area contributed by atoms with Crippen molar-refractivity contribution in [2.75, 3.05) is 51.0 Å². The normalized spacial score (nSPS) is 17.1. The predicted molar refractivity (Wildman–Crippen MR) is 311 cm³/mol. The molecule has 3 N–H and O–H groups in total. The number of imidazole rings is 2. The molecule has 2 atom stereocenters.